The van der Waals surface area contributed by atoms with E-state index in [2.05, 4.69) is 21.2 Å². The van der Waals surface area contributed by atoms with Crippen molar-refractivity contribution in [3.8, 4) is 0 Å². The van der Waals surface area contributed by atoms with E-state index in [1.807, 2.05) is 16.8 Å². The first-order chi connectivity index (χ1) is 13.2. The third kappa shape index (κ3) is 3.06. The van der Waals surface area contributed by atoms with Crippen molar-refractivity contribution in [3.05, 3.63) is 57.4 Å². The zero-order chi connectivity index (χ0) is 18.4. The number of fused-ring (bicyclic) bond motifs is 2. The fourth-order valence-corrected chi connectivity index (χ4v) is 4.34. The molecule has 1 saturated heterocycles. The predicted molar refractivity (Wildman–Crippen MR) is 102 cm³/mol. The number of pyridine rings is 1. The van der Waals surface area contributed by atoms with E-state index in [4.69, 9.17) is 5.10 Å². The summed E-state index contributed by atoms with van der Waals surface area (Å²) in [5.41, 5.74) is 4.57. The highest BCUT2D eigenvalue weighted by Crippen LogP contribution is 2.29. The van der Waals surface area contributed by atoms with Gasteiger partial charge in [-0.3, -0.25) is 9.69 Å². The monoisotopic (exact) mass is 364 g/mol. The molecule has 0 radical (unpaired) electrons. The Morgan fingerprint density at radius 2 is 2.00 bits per heavy atom. The number of nitrogens with zero attached hydrogens (tertiary/aromatic N) is 6. The minimum Gasteiger partial charge on any atom is -0.319 e. The molecule has 0 saturated carbocycles. The van der Waals surface area contributed by atoms with Crippen LogP contribution in [0, 0.1) is 0 Å². The molecule has 1 aliphatic heterocycles. The van der Waals surface area contributed by atoms with E-state index in [0.29, 0.717) is 5.92 Å². The van der Waals surface area contributed by atoms with Gasteiger partial charge in [-0.25, -0.2) is 0 Å². The van der Waals surface area contributed by atoms with Crippen molar-refractivity contribution in [1.29, 1.82) is 0 Å². The molecule has 4 heterocycles. The van der Waals surface area contributed by atoms with Crippen LogP contribution in [-0.4, -0.2) is 42.4 Å². The van der Waals surface area contributed by atoms with Crippen LogP contribution in [0.4, 0.5) is 0 Å². The highest BCUT2D eigenvalue weighted by Gasteiger charge is 2.26. The van der Waals surface area contributed by atoms with E-state index in [1.54, 1.807) is 17.7 Å². The molecule has 7 nitrogen and oxygen atoms in total. The lowest BCUT2D eigenvalue weighted by atomic mass is 9.96. The molecule has 1 fully saturated rings. The highest BCUT2D eigenvalue weighted by molar-refractivity contribution is 5.43. The van der Waals surface area contributed by atoms with Crippen molar-refractivity contribution < 1.29 is 0 Å². The first kappa shape index (κ1) is 16.6. The maximum atomic E-state index is 11.8. The van der Waals surface area contributed by atoms with Crippen molar-refractivity contribution in [1.82, 2.24) is 29.3 Å². The zero-order valence-electron chi connectivity index (χ0n) is 15.6. The van der Waals surface area contributed by atoms with E-state index in [-0.39, 0.29) is 5.56 Å². The van der Waals surface area contributed by atoms with Crippen LogP contribution < -0.4 is 5.56 Å². The van der Waals surface area contributed by atoms with Gasteiger partial charge in [0.05, 0.1) is 5.69 Å². The molecule has 5 rings (SSSR count). The largest absolute Gasteiger partial charge is 0.319 e. The minimum absolute atomic E-state index is 0.0518. The first-order valence-electron chi connectivity index (χ1n) is 9.79. The summed E-state index contributed by atoms with van der Waals surface area (Å²) in [6.45, 7) is 2.83. The molecule has 0 bridgehead atoms. The number of aromatic nitrogens is 5. The van der Waals surface area contributed by atoms with Crippen molar-refractivity contribution in [2.75, 3.05) is 13.1 Å². The van der Waals surface area contributed by atoms with Crippen LogP contribution in [0.25, 0.3) is 5.65 Å². The Morgan fingerprint density at radius 1 is 1.15 bits per heavy atom. The van der Waals surface area contributed by atoms with Crippen molar-refractivity contribution >= 4 is 5.65 Å². The lowest BCUT2D eigenvalue weighted by Gasteiger charge is -2.31. The standard InChI is InChI=1S/C20H24N6O/c1-24-8-5-14(11-19(24)27)13-25-9-6-15(7-10-25)20-22-21-18-12-16-3-2-4-17(16)23-26(18)20/h5,8,11-12,15H,2-4,6-7,9-10,13H2,1H3. The molecular weight excluding hydrogens is 340 g/mol. The smallest absolute Gasteiger partial charge is 0.250 e. The van der Waals surface area contributed by atoms with Crippen LogP contribution in [0.2, 0.25) is 0 Å². The van der Waals surface area contributed by atoms with E-state index in [9.17, 15) is 4.79 Å². The Morgan fingerprint density at radius 3 is 2.81 bits per heavy atom. The average Bonchev–Trinajstić information content (AvgIpc) is 3.29. The van der Waals surface area contributed by atoms with E-state index < -0.39 is 0 Å². The first-order valence-corrected chi connectivity index (χ1v) is 9.79. The molecule has 0 unspecified atom stereocenters. The van der Waals surface area contributed by atoms with Crippen molar-refractivity contribution in [2.24, 2.45) is 7.05 Å². The summed E-state index contributed by atoms with van der Waals surface area (Å²) in [5, 5.41) is 13.7. The molecule has 1 aliphatic carbocycles. The van der Waals surface area contributed by atoms with Gasteiger partial charge in [-0.2, -0.15) is 9.61 Å². The summed E-state index contributed by atoms with van der Waals surface area (Å²) in [4.78, 5) is 14.2. The van der Waals surface area contributed by atoms with E-state index in [0.717, 1.165) is 62.4 Å². The van der Waals surface area contributed by atoms with Gasteiger partial charge in [-0.15, -0.1) is 10.2 Å². The van der Waals surface area contributed by atoms with Gasteiger partial charge in [-0.05, 0) is 68.5 Å². The van der Waals surface area contributed by atoms with Crippen LogP contribution in [-0.2, 0) is 26.4 Å². The molecule has 3 aromatic heterocycles. The number of likely N-dealkylation sites (tertiary alicyclic amines) is 1. The van der Waals surface area contributed by atoms with Crippen LogP contribution in [0.15, 0.2) is 29.2 Å². The second-order valence-corrected chi connectivity index (χ2v) is 7.83. The molecular formula is C20H24N6O. The second kappa shape index (κ2) is 6.56. The van der Waals surface area contributed by atoms with Crippen molar-refractivity contribution in [3.63, 3.8) is 0 Å². The SMILES string of the molecule is Cn1ccc(CN2CCC(c3nnc4cc5c(nn34)CCC5)CC2)cc1=O. The van der Waals surface area contributed by atoms with Gasteiger partial charge in [0.25, 0.3) is 5.56 Å². The van der Waals surface area contributed by atoms with Gasteiger partial charge in [-0.1, -0.05) is 0 Å². The molecule has 0 aromatic carbocycles. The van der Waals surface area contributed by atoms with Gasteiger partial charge in [0, 0.05) is 31.8 Å². The third-order valence-electron chi connectivity index (χ3n) is 5.97. The van der Waals surface area contributed by atoms with Crippen molar-refractivity contribution in [2.45, 2.75) is 44.6 Å². The number of hydrogen-bond acceptors (Lipinski definition) is 5. The number of piperidine rings is 1. The maximum absolute atomic E-state index is 11.8. The van der Waals surface area contributed by atoms with Gasteiger partial charge < -0.3 is 4.57 Å². The Kier molecular flexibility index (Phi) is 4.04. The van der Waals surface area contributed by atoms with Crippen LogP contribution in [0.3, 0.4) is 0 Å². The fourth-order valence-electron chi connectivity index (χ4n) is 4.34. The summed E-state index contributed by atoms with van der Waals surface area (Å²) in [7, 11) is 1.78. The molecule has 0 atom stereocenters. The quantitative estimate of drug-likeness (QED) is 0.707. The van der Waals surface area contributed by atoms with Crippen LogP contribution >= 0.6 is 0 Å². The Balaban J connectivity index is 1.30. The lowest BCUT2D eigenvalue weighted by Crippen LogP contribution is -2.33. The highest BCUT2D eigenvalue weighted by atomic mass is 16.1. The second-order valence-electron chi connectivity index (χ2n) is 7.83. The molecule has 0 spiro atoms. The molecule has 140 valence electrons. The van der Waals surface area contributed by atoms with E-state index >= 15 is 0 Å². The topological polar surface area (TPSA) is 68.3 Å². The van der Waals surface area contributed by atoms with Crippen LogP contribution in [0.5, 0.6) is 0 Å². The van der Waals surface area contributed by atoms with Gasteiger partial charge in [0.2, 0.25) is 0 Å². The number of hydrogen-bond donors (Lipinski definition) is 0. The van der Waals surface area contributed by atoms with Gasteiger partial charge >= 0.3 is 0 Å². The normalized spacial score (nSPS) is 18.3. The molecule has 27 heavy (non-hydrogen) atoms. The predicted octanol–water partition coefficient (Wildman–Crippen LogP) is 1.69. The molecule has 2 aliphatic rings. The van der Waals surface area contributed by atoms with E-state index in [1.165, 1.54) is 17.7 Å². The summed E-state index contributed by atoms with van der Waals surface area (Å²) >= 11 is 0. The Bertz CT molecular complexity index is 1040. The lowest BCUT2D eigenvalue weighted by molar-refractivity contribution is 0.200. The minimum atomic E-state index is 0.0518. The summed E-state index contributed by atoms with van der Waals surface area (Å²) in [5.74, 6) is 1.40. The van der Waals surface area contributed by atoms with Crippen LogP contribution in [0.1, 0.15) is 47.8 Å². The maximum Gasteiger partial charge on any atom is 0.250 e. The number of rotatable bonds is 3. The molecule has 0 N–H and O–H groups in total. The van der Waals surface area contributed by atoms with Gasteiger partial charge in [0.1, 0.15) is 0 Å². The Labute approximate surface area is 157 Å². The molecule has 0 amide bonds. The van der Waals surface area contributed by atoms with Gasteiger partial charge in [0.15, 0.2) is 11.5 Å². The third-order valence-corrected chi connectivity index (χ3v) is 5.97. The summed E-state index contributed by atoms with van der Waals surface area (Å²) < 4.78 is 3.58. The molecule has 7 heteroatoms. The Hall–Kier alpha value is -2.54. The zero-order valence-corrected chi connectivity index (χ0v) is 15.6. The fraction of sp³-hybridized carbons (Fsp3) is 0.500. The summed E-state index contributed by atoms with van der Waals surface area (Å²) in [6, 6.07) is 5.93. The summed E-state index contributed by atoms with van der Waals surface area (Å²) in [6.07, 6.45) is 7.31. The molecule has 3 aromatic rings. The average molecular weight is 364 g/mol. The number of aryl methyl sites for hydroxylation is 3.